The van der Waals surface area contributed by atoms with Crippen LogP contribution in [0, 0.1) is 5.92 Å². The summed E-state index contributed by atoms with van der Waals surface area (Å²) in [5.74, 6) is 2.19. The summed E-state index contributed by atoms with van der Waals surface area (Å²) in [5, 5.41) is 3.60. The largest absolute Gasteiger partial charge is 0.494 e. The average Bonchev–Trinajstić information content (AvgIpc) is 3.05. The van der Waals surface area contributed by atoms with Gasteiger partial charge in [-0.05, 0) is 91.4 Å². The minimum Gasteiger partial charge on any atom is -0.494 e. The van der Waals surface area contributed by atoms with Gasteiger partial charge in [0.25, 0.3) is 0 Å². The lowest BCUT2D eigenvalue weighted by atomic mass is 9.64. The minimum absolute atomic E-state index is 0.212. The first kappa shape index (κ1) is 29.1. The van der Waals surface area contributed by atoms with E-state index in [9.17, 15) is 0 Å². The van der Waals surface area contributed by atoms with Crippen molar-refractivity contribution in [2.75, 3.05) is 19.7 Å². The molecule has 1 heterocycles. The molecule has 1 fully saturated rings. The van der Waals surface area contributed by atoms with E-state index < -0.39 is 0 Å². The second-order valence-corrected chi connectivity index (χ2v) is 11.7. The molecule has 1 aliphatic heterocycles. The molecule has 1 saturated heterocycles. The third kappa shape index (κ3) is 7.29. The molecule has 0 aromatic heterocycles. The number of piperidine rings is 1. The highest BCUT2D eigenvalue weighted by Crippen LogP contribution is 2.46. The van der Waals surface area contributed by atoms with Crippen LogP contribution in [0.2, 0.25) is 0 Å². The Morgan fingerprint density at radius 3 is 1.73 bits per heavy atom. The first-order valence-electron chi connectivity index (χ1n) is 15.9. The maximum Gasteiger partial charge on any atom is 0.119 e. The van der Waals surface area contributed by atoms with E-state index in [1.807, 2.05) is 0 Å². The fraction of sp³-hybridized carbons (Fsp3) is 0.385. The van der Waals surface area contributed by atoms with Gasteiger partial charge in [-0.2, -0.15) is 0 Å². The van der Waals surface area contributed by atoms with Gasteiger partial charge in [-0.25, -0.2) is 0 Å². The Bertz CT molecular complexity index is 1170. The van der Waals surface area contributed by atoms with Crippen LogP contribution < -0.4 is 10.1 Å². The Morgan fingerprint density at radius 2 is 1.22 bits per heavy atom. The Kier molecular flexibility index (Phi) is 10.7. The van der Waals surface area contributed by atoms with E-state index in [0.717, 1.165) is 44.7 Å². The molecule has 1 unspecified atom stereocenters. The topological polar surface area (TPSA) is 21.3 Å². The molecule has 1 atom stereocenters. The summed E-state index contributed by atoms with van der Waals surface area (Å²) in [7, 11) is 0. The van der Waals surface area contributed by atoms with Crippen molar-refractivity contribution < 1.29 is 4.74 Å². The maximum absolute atomic E-state index is 6.11. The molecule has 4 aromatic rings. The zero-order valence-electron chi connectivity index (χ0n) is 24.8. The molecule has 0 spiro atoms. The Hall–Kier alpha value is -3.36. The van der Waals surface area contributed by atoms with E-state index in [1.165, 1.54) is 54.4 Å². The molecular formula is C39H47NO. The van der Waals surface area contributed by atoms with Gasteiger partial charge in [-0.15, -0.1) is 0 Å². The molecule has 0 aliphatic carbocycles. The normalized spacial score (nSPS) is 15.0. The number of ether oxygens (including phenoxy) is 1. The van der Waals surface area contributed by atoms with Crippen LogP contribution in [0.1, 0.15) is 86.5 Å². The summed E-state index contributed by atoms with van der Waals surface area (Å²) in [6.07, 6.45) is 9.57. The van der Waals surface area contributed by atoms with Gasteiger partial charge in [0, 0.05) is 5.41 Å². The smallest absolute Gasteiger partial charge is 0.119 e. The van der Waals surface area contributed by atoms with E-state index >= 15 is 0 Å². The van der Waals surface area contributed by atoms with Crippen molar-refractivity contribution in [3.63, 3.8) is 0 Å². The number of benzene rings is 4. The fourth-order valence-electron chi connectivity index (χ4n) is 6.92. The lowest BCUT2D eigenvalue weighted by Crippen LogP contribution is -2.33. The number of hydrogen-bond donors (Lipinski definition) is 1. The summed E-state index contributed by atoms with van der Waals surface area (Å²) in [6.45, 7) is 5.29. The quantitative estimate of drug-likeness (QED) is 0.126. The van der Waals surface area contributed by atoms with Gasteiger partial charge in [-0.1, -0.05) is 129 Å². The summed E-state index contributed by atoms with van der Waals surface area (Å²) in [6, 6.07) is 42.7. The van der Waals surface area contributed by atoms with Crippen molar-refractivity contribution in [2.45, 2.75) is 69.6 Å². The molecule has 1 aliphatic rings. The fourth-order valence-corrected chi connectivity index (χ4v) is 6.92. The highest BCUT2D eigenvalue weighted by molar-refractivity contribution is 5.50. The predicted octanol–water partition coefficient (Wildman–Crippen LogP) is 9.54. The van der Waals surface area contributed by atoms with Crippen molar-refractivity contribution in [2.24, 2.45) is 5.92 Å². The molecule has 0 bridgehead atoms. The van der Waals surface area contributed by atoms with Crippen molar-refractivity contribution >= 4 is 0 Å². The van der Waals surface area contributed by atoms with Crippen LogP contribution in [-0.2, 0) is 5.41 Å². The lowest BCUT2D eigenvalue weighted by molar-refractivity contribution is 0.292. The van der Waals surface area contributed by atoms with Crippen LogP contribution in [0.25, 0.3) is 0 Å². The van der Waals surface area contributed by atoms with E-state index in [0.29, 0.717) is 11.8 Å². The van der Waals surface area contributed by atoms with Gasteiger partial charge < -0.3 is 10.1 Å². The van der Waals surface area contributed by atoms with Gasteiger partial charge in [0.05, 0.1) is 6.61 Å². The number of rotatable bonds is 14. The van der Waals surface area contributed by atoms with Crippen LogP contribution >= 0.6 is 0 Å². The molecule has 0 amide bonds. The van der Waals surface area contributed by atoms with Crippen molar-refractivity contribution in [3.8, 4) is 5.75 Å². The Labute approximate surface area is 248 Å². The van der Waals surface area contributed by atoms with Gasteiger partial charge in [-0.3, -0.25) is 0 Å². The molecule has 41 heavy (non-hydrogen) atoms. The van der Waals surface area contributed by atoms with Gasteiger partial charge in [0.2, 0.25) is 0 Å². The van der Waals surface area contributed by atoms with E-state index in [2.05, 4.69) is 128 Å². The van der Waals surface area contributed by atoms with Crippen molar-refractivity contribution in [1.82, 2.24) is 5.32 Å². The number of hydrogen-bond acceptors (Lipinski definition) is 2. The molecule has 4 aromatic carbocycles. The van der Waals surface area contributed by atoms with E-state index in [4.69, 9.17) is 4.74 Å². The zero-order valence-corrected chi connectivity index (χ0v) is 24.8. The third-order valence-electron chi connectivity index (χ3n) is 9.16. The molecule has 214 valence electrons. The first-order valence-corrected chi connectivity index (χ1v) is 15.9. The maximum atomic E-state index is 6.11. The molecular weight excluding hydrogens is 498 g/mol. The standard InChI is InChI=1S/C39H47NO/c1-2-3-4-14-31-41-37-23-21-32(22-24-37)38(33-26-29-40-30-27-33)25-28-39(34-15-8-5-9-16-34,35-17-10-6-11-18-35)36-19-12-7-13-20-36/h5-13,15-24,33,38,40H,2-4,14,25-31H2,1H3. The molecule has 2 heteroatoms. The minimum atomic E-state index is -0.212. The summed E-state index contributed by atoms with van der Waals surface area (Å²) in [4.78, 5) is 0. The SMILES string of the molecule is CCCCCCOc1ccc(C(CCC(c2ccccc2)(c2ccccc2)c2ccccc2)C2CCNCC2)cc1. The highest BCUT2D eigenvalue weighted by Gasteiger charge is 2.37. The first-order chi connectivity index (χ1) is 20.3. The van der Waals surface area contributed by atoms with Crippen LogP contribution in [0.5, 0.6) is 5.75 Å². The third-order valence-corrected chi connectivity index (χ3v) is 9.16. The average molecular weight is 546 g/mol. The second kappa shape index (κ2) is 15.0. The van der Waals surface area contributed by atoms with Crippen molar-refractivity contribution in [1.29, 1.82) is 0 Å². The molecule has 0 saturated carbocycles. The lowest BCUT2D eigenvalue weighted by Gasteiger charge is -2.39. The van der Waals surface area contributed by atoms with E-state index in [1.54, 1.807) is 0 Å². The number of nitrogens with one attached hydrogen (secondary N) is 1. The van der Waals surface area contributed by atoms with Crippen molar-refractivity contribution in [3.05, 3.63) is 138 Å². The number of unbranched alkanes of at least 4 members (excludes halogenated alkanes) is 3. The Morgan fingerprint density at radius 1 is 0.683 bits per heavy atom. The summed E-state index contributed by atoms with van der Waals surface area (Å²) in [5.41, 5.74) is 5.35. The van der Waals surface area contributed by atoms with E-state index in [-0.39, 0.29) is 5.41 Å². The van der Waals surface area contributed by atoms with Gasteiger partial charge in [0.1, 0.15) is 5.75 Å². The zero-order chi connectivity index (χ0) is 28.2. The monoisotopic (exact) mass is 545 g/mol. The highest BCUT2D eigenvalue weighted by atomic mass is 16.5. The van der Waals surface area contributed by atoms with Crippen LogP contribution in [0.3, 0.4) is 0 Å². The summed E-state index contributed by atoms with van der Waals surface area (Å²) >= 11 is 0. The molecule has 1 N–H and O–H groups in total. The predicted molar refractivity (Wildman–Crippen MR) is 173 cm³/mol. The van der Waals surface area contributed by atoms with Crippen LogP contribution in [0.4, 0.5) is 0 Å². The second-order valence-electron chi connectivity index (χ2n) is 11.7. The van der Waals surface area contributed by atoms with Crippen LogP contribution in [-0.4, -0.2) is 19.7 Å². The summed E-state index contributed by atoms with van der Waals surface area (Å²) < 4.78 is 6.11. The van der Waals surface area contributed by atoms with Gasteiger partial charge >= 0.3 is 0 Å². The van der Waals surface area contributed by atoms with Gasteiger partial charge in [0.15, 0.2) is 0 Å². The molecule has 0 radical (unpaired) electrons. The van der Waals surface area contributed by atoms with Crippen LogP contribution in [0.15, 0.2) is 115 Å². The molecule has 2 nitrogen and oxygen atoms in total. The Balaban J connectivity index is 1.46. The molecule has 5 rings (SSSR count).